The number of hydrogen-bond donors (Lipinski definition) is 1. The molecule has 132 valence electrons. The van der Waals surface area contributed by atoms with E-state index in [0.29, 0.717) is 35.2 Å². The maximum absolute atomic E-state index is 13.1. The molecule has 2 aromatic heterocycles. The van der Waals surface area contributed by atoms with E-state index in [1.807, 2.05) is 13.8 Å². The fourth-order valence-corrected chi connectivity index (χ4v) is 2.87. The molecule has 3 aromatic rings. The molecule has 0 saturated heterocycles. The van der Waals surface area contributed by atoms with E-state index in [1.165, 1.54) is 6.26 Å². The lowest BCUT2D eigenvalue weighted by molar-refractivity contribution is -0.117. The highest BCUT2D eigenvalue weighted by molar-refractivity contribution is 6.09. The third kappa shape index (κ3) is 2.73. The fourth-order valence-electron chi connectivity index (χ4n) is 2.87. The zero-order valence-corrected chi connectivity index (χ0v) is 14.4. The molecule has 0 bridgehead atoms. The summed E-state index contributed by atoms with van der Waals surface area (Å²) in [6.07, 6.45) is 3.11. The highest BCUT2D eigenvalue weighted by atomic mass is 16.5. The number of carbonyl (C=O) groups is 1. The summed E-state index contributed by atoms with van der Waals surface area (Å²) in [4.78, 5) is 14.7. The van der Waals surface area contributed by atoms with Crippen LogP contribution in [0, 0.1) is 13.8 Å². The molecule has 0 saturated carbocycles. The van der Waals surface area contributed by atoms with Crippen LogP contribution in [0.15, 0.2) is 51.3 Å². The van der Waals surface area contributed by atoms with Crippen molar-refractivity contribution in [2.24, 2.45) is 0 Å². The Morgan fingerprint density at radius 3 is 2.81 bits per heavy atom. The normalized spacial score (nSPS) is 15.2. The van der Waals surface area contributed by atoms with Crippen LogP contribution in [0.25, 0.3) is 6.08 Å². The van der Waals surface area contributed by atoms with E-state index in [1.54, 1.807) is 41.3 Å². The Bertz CT molecular complexity index is 982. The topological polar surface area (TPSA) is 94.7 Å². The van der Waals surface area contributed by atoms with Gasteiger partial charge in [-0.05, 0) is 44.2 Å². The summed E-state index contributed by atoms with van der Waals surface area (Å²) in [5.41, 5.74) is 8.65. The second-order valence-corrected chi connectivity index (χ2v) is 6.05. The number of aryl methyl sites for hydroxylation is 2. The number of benzene rings is 1. The predicted molar refractivity (Wildman–Crippen MR) is 95.3 cm³/mol. The van der Waals surface area contributed by atoms with Gasteiger partial charge in [-0.1, -0.05) is 5.16 Å². The molecule has 0 aliphatic carbocycles. The molecular formula is C19H17N3O4. The molecule has 0 fully saturated rings. The third-order valence-electron chi connectivity index (χ3n) is 4.26. The first-order valence-corrected chi connectivity index (χ1v) is 8.09. The van der Waals surface area contributed by atoms with Crippen molar-refractivity contribution in [3.63, 3.8) is 0 Å². The molecule has 7 nitrogen and oxygen atoms in total. The number of carbonyl (C=O) groups excluding carboxylic acids is 1. The second-order valence-electron chi connectivity index (χ2n) is 6.05. The van der Waals surface area contributed by atoms with E-state index in [-0.39, 0.29) is 11.7 Å². The summed E-state index contributed by atoms with van der Waals surface area (Å²) in [7, 11) is 0. The number of nitrogens with two attached hydrogens (primary N) is 1. The first-order valence-electron chi connectivity index (χ1n) is 8.09. The number of fused-ring (bicyclic) bond motifs is 1. The second kappa shape index (κ2) is 6.11. The Balaban J connectivity index is 1.79. The lowest BCUT2D eigenvalue weighted by atomic mass is 10.1. The standard InChI is InChI=1S/C19H17N3O4/c1-11-15(12(2)26-21-11)10-22-16-8-13(20)5-6-17(16)25-18(19(22)23)9-14-4-3-7-24-14/h3-9H,10,20H2,1-2H3/b18-9+. The Labute approximate surface area is 149 Å². The summed E-state index contributed by atoms with van der Waals surface area (Å²) in [6, 6.07) is 8.69. The van der Waals surface area contributed by atoms with Gasteiger partial charge in [0, 0.05) is 17.3 Å². The van der Waals surface area contributed by atoms with Gasteiger partial charge >= 0.3 is 0 Å². The zero-order chi connectivity index (χ0) is 18.3. The molecule has 0 spiro atoms. The maximum atomic E-state index is 13.1. The lowest BCUT2D eigenvalue weighted by Gasteiger charge is -2.30. The van der Waals surface area contributed by atoms with Gasteiger partial charge in [0.05, 0.1) is 24.2 Å². The van der Waals surface area contributed by atoms with Gasteiger partial charge in [0.25, 0.3) is 5.91 Å². The molecule has 1 aliphatic heterocycles. The predicted octanol–water partition coefficient (Wildman–Crippen LogP) is 3.43. The number of anilines is 2. The van der Waals surface area contributed by atoms with E-state index in [2.05, 4.69) is 5.16 Å². The van der Waals surface area contributed by atoms with Crippen molar-refractivity contribution in [3.05, 3.63) is 65.1 Å². The Hall–Kier alpha value is -3.48. The molecule has 0 atom stereocenters. The van der Waals surface area contributed by atoms with Gasteiger partial charge in [0.1, 0.15) is 11.5 Å². The van der Waals surface area contributed by atoms with Gasteiger partial charge in [0.2, 0.25) is 0 Å². The maximum Gasteiger partial charge on any atom is 0.294 e. The molecular weight excluding hydrogens is 334 g/mol. The van der Waals surface area contributed by atoms with Crippen molar-refractivity contribution in [1.82, 2.24) is 5.16 Å². The van der Waals surface area contributed by atoms with E-state index in [0.717, 1.165) is 11.3 Å². The van der Waals surface area contributed by atoms with Crippen molar-refractivity contribution in [1.29, 1.82) is 0 Å². The van der Waals surface area contributed by atoms with Crippen molar-refractivity contribution in [2.45, 2.75) is 20.4 Å². The minimum absolute atomic E-state index is 0.170. The van der Waals surface area contributed by atoms with Crippen LogP contribution in [0.2, 0.25) is 0 Å². The number of aromatic nitrogens is 1. The summed E-state index contributed by atoms with van der Waals surface area (Å²) < 4.78 is 16.3. The highest BCUT2D eigenvalue weighted by Crippen LogP contribution is 2.38. The molecule has 1 amide bonds. The van der Waals surface area contributed by atoms with Crippen LogP contribution in [0.3, 0.4) is 0 Å². The van der Waals surface area contributed by atoms with Crippen LogP contribution < -0.4 is 15.4 Å². The highest BCUT2D eigenvalue weighted by Gasteiger charge is 2.32. The van der Waals surface area contributed by atoms with Gasteiger partial charge in [0.15, 0.2) is 11.5 Å². The summed E-state index contributed by atoms with van der Waals surface area (Å²) in [5.74, 6) is 1.63. The molecule has 3 heterocycles. The van der Waals surface area contributed by atoms with E-state index in [4.69, 9.17) is 19.4 Å². The minimum Gasteiger partial charge on any atom is -0.465 e. The molecule has 1 aliphatic rings. The van der Waals surface area contributed by atoms with Crippen LogP contribution in [0.5, 0.6) is 5.75 Å². The fraction of sp³-hybridized carbons (Fsp3) is 0.158. The SMILES string of the molecule is Cc1noc(C)c1CN1C(=O)/C(=C\c2ccco2)Oc2ccc(N)cc21. The van der Waals surface area contributed by atoms with Crippen LogP contribution in [-0.2, 0) is 11.3 Å². The van der Waals surface area contributed by atoms with Gasteiger partial charge in [-0.15, -0.1) is 0 Å². The Kier molecular flexibility index (Phi) is 3.76. The van der Waals surface area contributed by atoms with Crippen molar-refractivity contribution in [3.8, 4) is 5.75 Å². The van der Waals surface area contributed by atoms with Gasteiger partial charge < -0.3 is 19.4 Å². The number of ether oxygens (including phenoxy) is 1. The van der Waals surface area contributed by atoms with E-state index < -0.39 is 0 Å². The number of nitrogens with zero attached hydrogens (tertiary/aromatic N) is 2. The minimum atomic E-state index is -0.292. The Morgan fingerprint density at radius 2 is 2.12 bits per heavy atom. The van der Waals surface area contributed by atoms with Crippen molar-refractivity contribution < 1.29 is 18.5 Å². The molecule has 7 heteroatoms. The van der Waals surface area contributed by atoms with E-state index >= 15 is 0 Å². The average molecular weight is 351 g/mol. The smallest absolute Gasteiger partial charge is 0.294 e. The summed E-state index contributed by atoms with van der Waals surface area (Å²) in [6.45, 7) is 3.96. The van der Waals surface area contributed by atoms with E-state index in [9.17, 15) is 4.79 Å². The summed E-state index contributed by atoms with van der Waals surface area (Å²) >= 11 is 0. The van der Waals surface area contributed by atoms with Crippen molar-refractivity contribution >= 4 is 23.4 Å². The van der Waals surface area contributed by atoms with Crippen LogP contribution >= 0.6 is 0 Å². The molecule has 4 rings (SSSR count). The first-order chi connectivity index (χ1) is 12.5. The van der Waals surface area contributed by atoms with Gasteiger partial charge in [-0.2, -0.15) is 0 Å². The van der Waals surface area contributed by atoms with Gasteiger partial charge in [-0.25, -0.2) is 0 Å². The number of amides is 1. The van der Waals surface area contributed by atoms with Gasteiger partial charge in [-0.3, -0.25) is 9.69 Å². The zero-order valence-electron chi connectivity index (χ0n) is 14.4. The molecule has 0 unspecified atom stereocenters. The Morgan fingerprint density at radius 1 is 1.27 bits per heavy atom. The quantitative estimate of drug-likeness (QED) is 0.574. The summed E-state index contributed by atoms with van der Waals surface area (Å²) in [5, 5.41) is 3.96. The molecule has 1 aromatic carbocycles. The monoisotopic (exact) mass is 351 g/mol. The average Bonchev–Trinajstić information content (AvgIpc) is 3.23. The lowest BCUT2D eigenvalue weighted by Crippen LogP contribution is -2.37. The number of rotatable bonds is 3. The van der Waals surface area contributed by atoms with Crippen LogP contribution in [-0.4, -0.2) is 11.1 Å². The largest absolute Gasteiger partial charge is 0.465 e. The van der Waals surface area contributed by atoms with Crippen LogP contribution in [0.1, 0.15) is 22.8 Å². The number of hydrogen-bond acceptors (Lipinski definition) is 6. The first kappa shape index (κ1) is 16.0. The number of furan rings is 1. The molecule has 0 radical (unpaired) electrons. The number of nitrogen functional groups attached to an aromatic ring is 1. The van der Waals surface area contributed by atoms with Crippen molar-refractivity contribution in [2.75, 3.05) is 10.6 Å². The molecule has 26 heavy (non-hydrogen) atoms. The third-order valence-corrected chi connectivity index (χ3v) is 4.26. The van der Waals surface area contributed by atoms with Crippen LogP contribution in [0.4, 0.5) is 11.4 Å². The molecule has 2 N–H and O–H groups in total.